The van der Waals surface area contributed by atoms with Crippen molar-refractivity contribution in [3.05, 3.63) is 71.8 Å². The first-order valence-electron chi connectivity index (χ1n) is 7.56. The molecule has 3 aromatic rings. The molecule has 6 nitrogen and oxygen atoms in total. The van der Waals surface area contributed by atoms with Crippen LogP contribution in [0.2, 0.25) is 0 Å². The van der Waals surface area contributed by atoms with Gasteiger partial charge in [-0.05, 0) is 42.0 Å². The summed E-state index contributed by atoms with van der Waals surface area (Å²) in [6.07, 6.45) is 7.71. The smallest absolute Gasteiger partial charge is 0.267 e. The van der Waals surface area contributed by atoms with Crippen LogP contribution in [0.3, 0.4) is 0 Å². The Morgan fingerprint density at radius 1 is 1.16 bits per heavy atom. The standard InChI is InChI=1S/C19H16N2O4/c1-21-12-13(10-15(21)7-9-19(23)20-24)6-8-16(22)18-11-14-4-2-3-5-17(14)25-18/h2-12,24H,1H3,(H,20,23)/b8-6+,9-7+. The van der Waals surface area contributed by atoms with Gasteiger partial charge in [0.05, 0.1) is 0 Å². The van der Waals surface area contributed by atoms with Gasteiger partial charge in [-0.25, -0.2) is 5.48 Å². The largest absolute Gasteiger partial charge is 0.453 e. The molecule has 0 aliphatic carbocycles. The second-order valence-corrected chi connectivity index (χ2v) is 5.46. The normalized spacial score (nSPS) is 11.6. The lowest BCUT2D eigenvalue weighted by molar-refractivity contribution is -0.124. The third-order valence-electron chi connectivity index (χ3n) is 3.68. The summed E-state index contributed by atoms with van der Waals surface area (Å²) in [7, 11) is 1.81. The Hall–Kier alpha value is -3.38. The predicted octanol–water partition coefficient (Wildman–Crippen LogP) is 3.19. The van der Waals surface area contributed by atoms with Crippen molar-refractivity contribution in [2.24, 2.45) is 7.05 Å². The number of hydrogen-bond donors (Lipinski definition) is 2. The fourth-order valence-electron chi connectivity index (χ4n) is 2.42. The first-order chi connectivity index (χ1) is 12.1. The van der Waals surface area contributed by atoms with E-state index in [2.05, 4.69) is 0 Å². The lowest BCUT2D eigenvalue weighted by Crippen LogP contribution is -2.14. The number of benzene rings is 1. The number of para-hydroxylation sites is 1. The van der Waals surface area contributed by atoms with Gasteiger partial charge in [-0.3, -0.25) is 14.8 Å². The monoisotopic (exact) mass is 336 g/mol. The summed E-state index contributed by atoms with van der Waals surface area (Å²) in [5.41, 5.74) is 3.75. The van der Waals surface area contributed by atoms with Crippen molar-refractivity contribution in [1.82, 2.24) is 10.0 Å². The molecule has 126 valence electrons. The van der Waals surface area contributed by atoms with Crippen LogP contribution >= 0.6 is 0 Å². The highest BCUT2D eigenvalue weighted by Crippen LogP contribution is 2.20. The van der Waals surface area contributed by atoms with Crippen molar-refractivity contribution in [3.8, 4) is 0 Å². The Balaban J connectivity index is 1.76. The molecule has 0 saturated carbocycles. The number of carbonyl (C=O) groups excluding carboxylic acids is 2. The maximum atomic E-state index is 12.3. The molecule has 25 heavy (non-hydrogen) atoms. The summed E-state index contributed by atoms with van der Waals surface area (Å²) in [6, 6.07) is 11.0. The Bertz CT molecular complexity index is 959. The quantitative estimate of drug-likeness (QED) is 0.324. The maximum absolute atomic E-state index is 12.3. The molecule has 0 saturated heterocycles. The molecule has 0 unspecified atom stereocenters. The van der Waals surface area contributed by atoms with Crippen LogP contribution in [0.15, 0.2) is 59.2 Å². The highest BCUT2D eigenvalue weighted by molar-refractivity contribution is 6.07. The summed E-state index contributed by atoms with van der Waals surface area (Å²) >= 11 is 0. The zero-order valence-electron chi connectivity index (χ0n) is 13.5. The van der Waals surface area contributed by atoms with Crippen molar-refractivity contribution < 1.29 is 19.2 Å². The summed E-state index contributed by atoms with van der Waals surface area (Å²) in [6.45, 7) is 0. The van der Waals surface area contributed by atoms with Gasteiger partial charge in [-0.1, -0.05) is 18.2 Å². The zero-order valence-corrected chi connectivity index (χ0v) is 13.5. The first kappa shape index (κ1) is 16.5. The zero-order chi connectivity index (χ0) is 17.8. The molecule has 0 bridgehead atoms. The number of fused-ring (bicyclic) bond motifs is 1. The van der Waals surface area contributed by atoms with Crippen molar-refractivity contribution in [2.75, 3.05) is 0 Å². The van der Waals surface area contributed by atoms with E-state index in [4.69, 9.17) is 9.62 Å². The average molecular weight is 336 g/mol. The molecule has 0 radical (unpaired) electrons. The third kappa shape index (κ3) is 3.76. The van der Waals surface area contributed by atoms with Crippen molar-refractivity contribution >= 4 is 34.8 Å². The topological polar surface area (TPSA) is 84.5 Å². The number of hydroxylamine groups is 1. The number of aromatic nitrogens is 1. The van der Waals surface area contributed by atoms with Crippen LogP contribution in [-0.4, -0.2) is 21.5 Å². The van der Waals surface area contributed by atoms with E-state index in [1.165, 1.54) is 17.6 Å². The van der Waals surface area contributed by atoms with Gasteiger partial charge in [-0.2, -0.15) is 0 Å². The van der Waals surface area contributed by atoms with E-state index in [1.54, 1.807) is 22.8 Å². The molecule has 0 fully saturated rings. The molecule has 1 aromatic carbocycles. The molecule has 0 atom stereocenters. The van der Waals surface area contributed by atoms with Crippen LogP contribution < -0.4 is 5.48 Å². The molecule has 2 N–H and O–H groups in total. The van der Waals surface area contributed by atoms with Gasteiger partial charge < -0.3 is 8.98 Å². The highest BCUT2D eigenvalue weighted by atomic mass is 16.5. The van der Waals surface area contributed by atoms with Crippen molar-refractivity contribution in [1.29, 1.82) is 0 Å². The molecular weight excluding hydrogens is 320 g/mol. The molecule has 0 spiro atoms. The van der Waals surface area contributed by atoms with E-state index in [-0.39, 0.29) is 11.5 Å². The Labute approximate surface area is 143 Å². The number of rotatable bonds is 5. The minimum absolute atomic E-state index is 0.225. The number of nitrogens with zero attached hydrogens (tertiary/aromatic N) is 1. The molecule has 6 heteroatoms. The maximum Gasteiger partial charge on any atom is 0.267 e. The van der Waals surface area contributed by atoms with E-state index >= 15 is 0 Å². The van der Waals surface area contributed by atoms with E-state index in [9.17, 15) is 9.59 Å². The van der Waals surface area contributed by atoms with E-state index in [1.807, 2.05) is 43.6 Å². The number of aryl methyl sites for hydroxylation is 1. The van der Waals surface area contributed by atoms with Crippen LogP contribution in [0, 0.1) is 0 Å². The summed E-state index contributed by atoms with van der Waals surface area (Å²) in [5, 5.41) is 9.36. The molecule has 2 aromatic heterocycles. The lowest BCUT2D eigenvalue weighted by atomic mass is 10.2. The second kappa shape index (κ2) is 7.02. The van der Waals surface area contributed by atoms with E-state index in [0.29, 0.717) is 5.58 Å². The van der Waals surface area contributed by atoms with Crippen molar-refractivity contribution in [2.45, 2.75) is 0 Å². The van der Waals surface area contributed by atoms with E-state index in [0.717, 1.165) is 16.6 Å². The molecule has 0 aliphatic heterocycles. The van der Waals surface area contributed by atoms with Crippen LogP contribution in [0.5, 0.6) is 0 Å². The number of carbonyl (C=O) groups is 2. The minimum atomic E-state index is -0.613. The first-order valence-corrected chi connectivity index (χ1v) is 7.56. The molecule has 0 aliphatic rings. The van der Waals surface area contributed by atoms with Gasteiger partial charge in [-0.15, -0.1) is 0 Å². The number of furan rings is 1. The number of ketones is 1. The Kier molecular flexibility index (Phi) is 4.63. The van der Waals surface area contributed by atoms with Gasteiger partial charge in [0.1, 0.15) is 5.58 Å². The van der Waals surface area contributed by atoms with E-state index < -0.39 is 5.91 Å². The summed E-state index contributed by atoms with van der Waals surface area (Å²) in [4.78, 5) is 23.3. The predicted molar refractivity (Wildman–Crippen MR) is 94.0 cm³/mol. The average Bonchev–Trinajstić information content (AvgIpc) is 3.20. The Morgan fingerprint density at radius 2 is 1.96 bits per heavy atom. The van der Waals surface area contributed by atoms with Crippen molar-refractivity contribution in [3.63, 3.8) is 0 Å². The van der Waals surface area contributed by atoms with Gasteiger partial charge in [0.25, 0.3) is 5.91 Å². The molecule has 2 heterocycles. The number of amides is 1. The third-order valence-corrected chi connectivity index (χ3v) is 3.68. The van der Waals surface area contributed by atoms with Crippen LogP contribution in [0.25, 0.3) is 23.1 Å². The van der Waals surface area contributed by atoms with Crippen LogP contribution in [0.4, 0.5) is 0 Å². The Morgan fingerprint density at radius 3 is 2.72 bits per heavy atom. The fraction of sp³-hybridized carbons (Fsp3) is 0.0526. The van der Waals surface area contributed by atoms with Crippen LogP contribution in [-0.2, 0) is 11.8 Å². The number of nitrogens with one attached hydrogen (secondary N) is 1. The van der Waals surface area contributed by atoms with Gasteiger partial charge in [0.15, 0.2) is 5.76 Å². The second-order valence-electron chi connectivity index (χ2n) is 5.46. The molecule has 3 rings (SSSR count). The van der Waals surface area contributed by atoms with Crippen LogP contribution in [0.1, 0.15) is 21.8 Å². The van der Waals surface area contributed by atoms with Gasteiger partial charge >= 0.3 is 0 Å². The van der Waals surface area contributed by atoms with Gasteiger partial charge in [0, 0.05) is 30.4 Å². The van der Waals surface area contributed by atoms with Gasteiger partial charge in [0.2, 0.25) is 5.78 Å². The molecular formula is C19H16N2O4. The SMILES string of the molecule is Cn1cc(/C=C/C(=O)c2cc3ccccc3o2)cc1/C=C/C(=O)NO. The minimum Gasteiger partial charge on any atom is -0.453 e. The highest BCUT2D eigenvalue weighted by Gasteiger charge is 2.09. The molecule has 1 amide bonds. The lowest BCUT2D eigenvalue weighted by Gasteiger charge is -1.94. The summed E-state index contributed by atoms with van der Waals surface area (Å²) < 4.78 is 7.34. The fourth-order valence-corrected chi connectivity index (χ4v) is 2.42. The summed E-state index contributed by atoms with van der Waals surface area (Å²) in [5.74, 6) is -0.553. The number of allylic oxidation sites excluding steroid dienone is 1. The number of hydrogen-bond acceptors (Lipinski definition) is 4.